The van der Waals surface area contributed by atoms with Crippen LogP contribution in [-0.4, -0.2) is 42.6 Å². The first-order valence-corrected chi connectivity index (χ1v) is 8.90. The van der Waals surface area contributed by atoms with Crippen molar-refractivity contribution >= 4 is 15.9 Å². The Morgan fingerprint density at radius 1 is 1.00 bits per heavy atom. The Labute approximate surface area is 121 Å². The number of likely N-dealkylation sites (tertiary alicyclic amines) is 1. The van der Waals surface area contributed by atoms with E-state index in [9.17, 15) is 0 Å². The van der Waals surface area contributed by atoms with Gasteiger partial charge in [-0.1, -0.05) is 48.0 Å². The van der Waals surface area contributed by atoms with Crippen LogP contribution in [0, 0.1) is 5.92 Å². The molecule has 1 aliphatic carbocycles. The van der Waals surface area contributed by atoms with Gasteiger partial charge in [0.25, 0.3) is 0 Å². The average Bonchev–Trinajstić information content (AvgIpc) is 2.45. The second-order valence-corrected chi connectivity index (χ2v) is 6.69. The van der Waals surface area contributed by atoms with E-state index in [1.807, 2.05) is 0 Å². The molecule has 0 spiro atoms. The van der Waals surface area contributed by atoms with Gasteiger partial charge in [-0.25, -0.2) is 0 Å². The van der Waals surface area contributed by atoms with E-state index in [-0.39, 0.29) is 0 Å². The summed E-state index contributed by atoms with van der Waals surface area (Å²) < 4.78 is 5.80. The minimum Gasteiger partial charge on any atom is -0.377 e. The first-order chi connectivity index (χ1) is 8.88. The molecule has 2 rings (SSSR count). The van der Waals surface area contributed by atoms with Crippen LogP contribution < -0.4 is 0 Å². The van der Waals surface area contributed by atoms with Gasteiger partial charge in [0.2, 0.25) is 0 Å². The Bertz CT molecular complexity index is 211. The standard InChI is InChI=1S/C15H28BrNO/c16-9-13-18-15-7-11-17(12-8-15)10-6-14-4-2-1-3-5-14/h14-15H,1-13H2. The smallest absolute Gasteiger partial charge is 0.0599 e. The van der Waals surface area contributed by atoms with Gasteiger partial charge >= 0.3 is 0 Å². The molecule has 0 aromatic rings. The molecule has 1 saturated carbocycles. The average molecular weight is 318 g/mol. The van der Waals surface area contributed by atoms with Crippen molar-refractivity contribution in [3.63, 3.8) is 0 Å². The quantitative estimate of drug-likeness (QED) is 0.690. The Morgan fingerprint density at radius 2 is 1.72 bits per heavy atom. The van der Waals surface area contributed by atoms with Gasteiger partial charge in [-0.2, -0.15) is 0 Å². The van der Waals surface area contributed by atoms with Gasteiger partial charge in [0.05, 0.1) is 12.7 Å². The highest BCUT2D eigenvalue weighted by atomic mass is 79.9. The van der Waals surface area contributed by atoms with Gasteiger partial charge in [-0.15, -0.1) is 0 Å². The fourth-order valence-corrected chi connectivity index (χ4v) is 3.54. The molecule has 18 heavy (non-hydrogen) atoms. The van der Waals surface area contributed by atoms with Crippen molar-refractivity contribution in [3.8, 4) is 0 Å². The Balaban J connectivity index is 1.55. The first kappa shape index (κ1) is 14.8. The van der Waals surface area contributed by atoms with Crippen molar-refractivity contribution in [2.45, 2.75) is 57.5 Å². The van der Waals surface area contributed by atoms with Crippen LogP contribution in [0.4, 0.5) is 0 Å². The maximum atomic E-state index is 5.80. The second-order valence-electron chi connectivity index (χ2n) is 5.89. The molecule has 0 aromatic carbocycles. The molecule has 0 aromatic heterocycles. The number of alkyl halides is 1. The van der Waals surface area contributed by atoms with E-state index in [0.717, 1.165) is 17.9 Å². The highest BCUT2D eigenvalue weighted by Gasteiger charge is 2.20. The Kier molecular flexibility index (Phi) is 7.03. The summed E-state index contributed by atoms with van der Waals surface area (Å²) in [5, 5.41) is 0.967. The van der Waals surface area contributed by atoms with Gasteiger partial charge in [-0.05, 0) is 31.7 Å². The largest absolute Gasteiger partial charge is 0.377 e. The second kappa shape index (κ2) is 8.55. The number of piperidine rings is 1. The Morgan fingerprint density at radius 3 is 2.39 bits per heavy atom. The molecule has 1 heterocycles. The van der Waals surface area contributed by atoms with Gasteiger partial charge in [0.15, 0.2) is 0 Å². The van der Waals surface area contributed by atoms with Crippen LogP contribution in [0.5, 0.6) is 0 Å². The summed E-state index contributed by atoms with van der Waals surface area (Å²) in [6, 6.07) is 0. The van der Waals surface area contributed by atoms with Gasteiger partial charge in [0.1, 0.15) is 0 Å². The topological polar surface area (TPSA) is 12.5 Å². The van der Waals surface area contributed by atoms with Crippen LogP contribution in [0.3, 0.4) is 0 Å². The lowest BCUT2D eigenvalue weighted by atomic mass is 9.87. The molecule has 0 radical (unpaired) electrons. The van der Waals surface area contributed by atoms with Gasteiger partial charge in [-0.3, -0.25) is 0 Å². The van der Waals surface area contributed by atoms with E-state index < -0.39 is 0 Å². The van der Waals surface area contributed by atoms with Crippen LogP contribution in [0.1, 0.15) is 51.4 Å². The third kappa shape index (κ3) is 5.18. The lowest BCUT2D eigenvalue weighted by molar-refractivity contribution is 0.0145. The zero-order chi connectivity index (χ0) is 12.6. The number of hydrogen-bond donors (Lipinski definition) is 0. The highest BCUT2D eigenvalue weighted by molar-refractivity contribution is 9.09. The van der Waals surface area contributed by atoms with Crippen LogP contribution in [0.25, 0.3) is 0 Å². The molecule has 0 unspecified atom stereocenters. The molecule has 2 fully saturated rings. The molecule has 0 bridgehead atoms. The zero-order valence-electron chi connectivity index (χ0n) is 11.6. The Hall–Kier alpha value is 0.400. The van der Waals surface area contributed by atoms with E-state index in [1.165, 1.54) is 71.0 Å². The predicted molar refractivity (Wildman–Crippen MR) is 80.4 cm³/mol. The van der Waals surface area contributed by atoms with Crippen molar-refractivity contribution in [3.05, 3.63) is 0 Å². The summed E-state index contributed by atoms with van der Waals surface area (Å²) in [5.74, 6) is 1.03. The molecule has 2 nitrogen and oxygen atoms in total. The van der Waals surface area contributed by atoms with Crippen LogP contribution in [-0.2, 0) is 4.74 Å². The van der Waals surface area contributed by atoms with Crippen molar-refractivity contribution in [1.82, 2.24) is 4.90 Å². The van der Waals surface area contributed by atoms with Crippen molar-refractivity contribution in [1.29, 1.82) is 0 Å². The third-order valence-corrected chi connectivity index (χ3v) is 4.87. The molecule has 1 aliphatic heterocycles. The number of rotatable bonds is 6. The minimum absolute atomic E-state index is 0.522. The number of halogens is 1. The lowest BCUT2D eigenvalue weighted by Gasteiger charge is -2.33. The summed E-state index contributed by atoms with van der Waals surface area (Å²) in [6.07, 6.45) is 11.8. The van der Waals surface area contributed by atoms with Crippen LogP contribution in [0.15, 0.2) is 0 Å². The molecule has 0 N–H and O–H groups in total. The zero-order valence-corrected chi connectivity index (χ0v) is 13.2. The summed E-state index contributed by atoms with van der Waals surface area (Å²) in [6.45, 7) is 4.70. The van der Waals surface area contributed by atoms with Crippen molar-refractivity contribution in [2.75, 3.05) is 31.6 Å². The third-order valence-electron chi connectivity index (χ3n) is 4.54. The number of nitrogens with zero attached hydrogens (tertiary/aromatic N) is 1. The number of hydrogen-bond acceptors (Lipinski definition) is 2. The maximum Gasteiger partial charge on any atom is 0.0599 e. The molecule has 0 atom stereocenters. The molecule has 106 valence electrons. The van der Waals surface area contributed by atoms with Crippen LogP contribution >= 0.6 is 15.9 Å². The van der Waals surface area contributed by atoms with E-state index in [0.29, 0.717) is 6.10 Å². The first-order valence-electron chi connectivity index (χ1n) is 7.78. The summed E-state index contributed by atoms with van der Waals surface area (Å²) >= 11 is 3.42. The monoisotopic (exact) mass is 317 g/mol. The molecular formula is C15H28BrNO. The van der Waals surface area contributed by atoms with E-state index in [2.05, 4.69) is 20.8 Å². The van der Waals surface area contributed by atoms with E-state index in [1.54, 1.807) is 0 Å². The SMILES string of the molecule is BrCCOC1CCN(CCC2CCCCC2)CC1. The summed E-state index contributed by atoms with van der Waals surface area (Å²) in [5.41, 5.74) is 0. The van der Waals surface area contributed by atoms with Crippen LogP contribution in [0.2, 0.25) is 0 Å². The molecule has 0 amide bonds. The molecule has 1 saturated heterocycles. The van der Waals surface area contributed by atoms with Gasteiger partial charge < -0.3 is 9.64 Å². The number of ether oxygens (including phenoxy) is 1. The molecular weight excluding hydrogens is 290 g/mol. The summed E-state index contributed by atoms with van der Waals surface area (Å²) in [7, 11) is 0. The van der Waals surface area contributed by atoms with E-state index in [4.69, 9.17) is 4.74 Å². The fourth-order valence-electron chi connectivity index (χ4n) is 3.35. The van der Waals surface area contributed by atoms with Crippen molar-refractivity contribution in [2.24, 2.45) is 5.92 Å². The highest BCUT2D eigenvalue weighted by Crippen LogP contribution is 2.27. The minimum atomic E-state index is 0.522. The maximum absolute atomic E-state index is 5.80. The molecule has 3 heteroatoms. The fraction of sp³-hybridized carbons (Fsp3) is 1.00. The van der Waals surface area contributed by atoms with Crippen molar-refractivity contribution < 1.29 is 4.74 Å². The summed E-state index contributed by atoms with van der Waals surface area (Å²) in [4.78, 5) is 2.66. The molecule has 2 aliphatic rings. The van der Waals surface area contributed by atoms with E-state index >= 15 is 0 Å². The normalized spacial score (nSPS) is 24.5. The lowest BCUT2D eigenvalue weighted by Crippen LogP contribution is -2.38. The predicted octanol–water partition coefficient (Wildman–Crippen LogP) is 3.83. The van der Waals surface area contributed by atoms with Gasteiger partial charge in [0, 0.05) is 18.4 Å².